The van der Waals surface area contributed by atoms with Gasteiger partial charge in [-0.25, -0.2) is 0 Å². The van der Waals surface area contributed by atoms with Crippen LogP contribution in [-0.2, 0) is 4.79 Å². The van der Waals surface area contributed by atoms with E-state index in [4.69, 9.17) is 0 Å². The second kappa shape index (κ2) is 4.88. The average Bonchev–Trinajstić information content (AvgIpc) is 2.35. The number of nitrogens with one attached hydrogen (secondary N) is 1. The van der Waals surface area contributed by atoms with Crippen molar-refractivity contribution in [1.29, 1.82) is 0 Å². The van der Waals surface area contributed by atoms with Crippen LogP contribution in [0.15, 0.2) is 18.2 Å². The smallest absolute Gasteiger partial charge is 0.230 e. The number of rotatable bonds is 2. The molecule has 0 bridgehead atoms. The fourth-order valence-electron chi connectivity index (χ4n) is 2.44. The second-order valence-electron chi connectivity index (χ2n) is 5.28. The molecule has 4 nitrogen and oxygen atoms in total. The topological polar surface area (TPSA) is 69.6 Å². The number of carbonyl (C=O) groups excluding carboxylic acids is 1. The standard InChI is InChI=1S/C14H19NO3/c1-14(7-3-2-4-8-14)13(18)15-10-5-6-11(16)12(17)9-10/h5-6,9,16-17H,2-4,7-8H2,1H3,(H,15,18). The summed E-state index contributed by atoms with van der Waals surface area (Å²) in [7, 11) is 0. The van der Waals surface area contributed by atoms with Gasteiger partial charge in [-0.15, -0.1) is 0 Å². The third kappa shape index (κ3) is 2.58. The van der Waals surface area contributed by atoms with Crippen LogP contribution in [0.4, 0.5) is 5.69 Å². The van der Waals surface area contributed by atoms with E-state index in [2.05, 4.69) is 5.32 Å². The van der Waals surface area contributed by atoms with Gasteiger partial charge in [0.15, 0.2) is 11.5 Å². The fraction of sp³-hybridized carbons (Fsp3) is 0.500. The summed E-state index contributed by atoms with van der Waals surface area (Å²) >= 11 is 0. The van der Waals surface area contributed by atoms with Crippen molar-refractivity contribution >= 4 is 11.6 Å². The van der Waals surface area contributed by atoms with Gasteiger partial charge in [0.1, 0.15) is 0 Å². The number of carbonyl (C=O) groups is 1. The molecule has 1 aromatic rings. The number of phenolic OH excluding ortho intramolecular Hbond substituents is 2. The Morgan fingerprint density at radius 1 is 1.17 bits per heavy atom. The normalized spacial score (nSPS) is 18.3. The molecule has 4 heteroatoms. The Balaban J connectivity index is 2.08. The Morgan fingerprint density at radius 3 is 2.44 bits per heavy atom. The first-order chi connectivity index (χ1) is 8.51. The summed E-state index contributed by atoms with van der Waals surface area (Å²) in [5.74, 6) is -0.411. The Labute approximate surface area is 107 Å². The molecule has 0 atom stereocenters. The van der Waals surface area contributed by atoms with Crippen LogP contribution in [0.3, 0.4) is 0 Å². The van der Waals surface area contributed by atoms with Gasteiger partial charge in [0.2, 0.25) is 5.91 Å². The summed E-state index contributed by atoms with van der Waals surface area (Å²) in [4.78, 5) is 12.2. The fourth-order valence-corrected chi connectivity index (χ4v) is 2.44. The lowest BCUT2D eigenvalue weighted by Crippen LogP contribution is -2.35. The van der Waals surface area contributed by atoms with Gasteiger partial charge in [-0.3, -0.25) is 4.79 Å². The Hall–Kier alpha value is -1.71. The van der Waals surface area contributed by atoms with Crippen LogP contribution in [0, 0.1) is 5.41 Å². The molecule has 0 aliphatic heterocycles. The molecule has 1 aliphatic carbocycles. The van der Waals surface area contributed by atoms with Crippen LogP contribution in [0.5, 0.6) is 11.5 Å². The van der Waals surface area contributed by atoms with Crippen LogP contribution in [0.25, 0.3) is 0 Å². The maximum absolute atomic E-state index is 12.2. The monoisotopic (exact) mass is 249 g/mol. The van der Waals surface area contributed by atoms with E-state index >= 15 is 0 Å². The summed E-state index contributed by atoms with van der Waals surface area (Å²) in [6, 6.07) is 4.31. The third-order valence-electron chi connectivity index (χ3n) is 3.74. The first kappa shape index (κ1) is 12.7. The van der Waals surface area contributed by atoms with Crippen molar-refractivity contribution < 1.29 is 15.0 Å². The van der Waals surface area contributed by atoms with E-state index in [1.54, 1.807) is 6.07 Å². The van der Waals surface area contributed by atoms with Gasteiger partial charge in [-0.05, 0) is 25.0 Å². The predicted molar refractivity (Wildman–Crippen MR) is 69.6 cm³/mol. The van der Waals surface area contributed by atoms with E-state index in [0.717, 1.165) is 25.7 Å². The third-order valence-corrected chi connectivity index (χ3v) is 3.74. The van der Waals surface area contributed by atoms with Crippen molar-refractivity contribution in [3.63, 3.8) is 0 Å². The zero-order valence-electron chi connectivity index (χ0n) is 10.6. The number of aromatic hydroxyl groups is 2. The molecule has 0 unspecified atom stereocenters. The maximum Gasteiger partial charge on any atom is 0.230 e. The van der Waals surface area contributed by atoms with E-state index in [9.17, 15) is 15.0 Å². The molecule has 18 heavy (non-hydrogen) atoms. The minimum atomic E-state index is -0.314. The molecule has 1 aliphatic rings. The summed E-state index contributed by atoms with van der Waals surface area (Å²) in [6.07, 6.45) is 5.18. The summed E-state index contributed by atoms with van der Waals surface area (Å²) in [5.41, 5.74) is 0.202. The molecule has 0 aromatic heterocycles. The van der Waals surface area contributed by atoms with Crippen molar-refractivity contribution in [2.45, 2.75) is 39.0 Å². The molecule has 3 N–H and O–H groups in total. The molecule has 0 spiro atoms. The molecule has 98 valence electrons. The van der Waals surface area contributed by atoms with Crippen molar-refractivity contribution in [3.05, 3.63) is 18.2 Å². The van der Waals surface area contributed by atoms with Crippen LogP contribution in [0.2, 0.25) is 0 Å². The van der Waals surface area contributed by atoms with Gasteiger partial charge in [-0.2, -0.15) is 0 Å². The van der Waals surface area contributed by atoms with Crippen LogP contribution in [0.1, 0.15) is 39.0 Å². The van der Waals surface area contributed by atoms with Crippen LogP contribution in [-0.4, -0.2) is 16.1 Å². The van der Waals surface area contributed by atoms with Gasteiger partial charge in [0.05, 0.1) is 0 Å². The SMILES string of the molecule is CC1(C(=O)Nc2ccc(O)c(O)c2)CCCCC1. The molecule has 0 heterocycles. The second-order valence-corrected chi connectivity index (χ2v) is 5.28. The largest absolute Gasteiger partial charge is 0.504 e. The molecule has 0 saturated heterocycles. The lowest BCUT2D eigenvalue weighted by molar-refractivity contribution is -0.126. The molecular weight excluding hydrogens is 230 g/mol. The van der Waals surface area contributed by atoms with Gasteiger partial charge in [-0.1, -0.05) is 26.2 Å². The van der Waals surface area contributed by atoms with E-state index in [1.165, 1.54) is 18.6 Å². The van der Waals surface area contributed by atoms with Crippen LogP contribution >= 0.6 is 0 Å². The quantitative estimate of drug-likeness (QED) is 0.557. The zero-order chi connectivity index (χ0) is 13.2. The van der Waals surface area contributed by atoms with E-state index < -0.39 is 0 Å². The highest BCUT2D eigenvalue weighted by Gasteiger charge is 2.34. The highest BCUT2D eigenvalue weighted by Crippen LogP contribution is 2.37. The number of amides is 1. The molecule has 2 rings (SSSR count). The van der Waals surface area contributed by atoms with Gasteiger partial charge in [0, 0.05) is 17.2 Å². The number of anilines is 1. The highest BCUT2D eigenvalue weighted by atomic mass is 16.3. The Morgan fingerprint density at radius 2 is 1.83 bits per heavy atom. The van der Waals surface area contributed by atoms with Crippen molar-refractivity contribution in [2.24, 2.45) is 5.41 Å². The molecule has 1 amide bonds. The van der Waals surface area contributed by atoms with E-state index in [-0.39, 0.29) is 22.8 Å². The molecule has 1 aromatic carbocycles. The maximum atomic E-state index is 12.2. The first-order valence-electron chi connectivity index (χ1n) is 6.35. The number of hydrogen-bond acceptors (Lipinski definition) is 3. The summed E-state index contributed by atoms with van der Waals surface area (Å²) < 4.78 is 0. The average molecular weight is 249 g/mol. The Kier molecular flexibility index (Phi) is 3.45. The molecular formula is C14H19NO3. The van der Waals surface area contributed by atoms with Crippen molar-refractivity contribution in [2.75, 3.05) is 5.32 Å². The number of hydrogen-bond donors (Lipinski definition) is 3. The van der Waals surface area contributed by atoms with Crippen LogP contribution < -0.4 is 5.32 Å². The number of benzene rings is 1. The first-order valence-corrected chi connectivity index (χ1v) is 6.35. The lowest BCUT2D eigenvalue weighted by atomic mass is 9.75. The molecule has 1 saturated carbocycles. The minimum Gasteiger partial charge on any atom is -0.504 e. The Bertz CT molecular complexity index is 450. The van der Waals surface area contributed by atoms with Gasteiger partial charge in [0.25, 0.3) is 0 Å². The van der Waals surface area contributed by atoms with Crippen molar-refractivity contribution in [1.82, 2.24) is 0 Å². The molecule has 0 radical (unpaired) electrons. The number of phenols is 2. The predicted octanol–water partition coefficient (Wildman–Crippen LogP) is 3.01. The molecule has 1 fully saturated rings. The summed E-state index contributed by atoms with van der Waals surface area (Å²) in [6.45, 7) is 1.99. The lowest BCUT2D eigenvalue weighted by Gasteiger charge is -2.32. The minimum absolute atomic E-state index is 0.00714. The van der Waals surface area contributed by atoms with E-state index in [1.807, 2.05) is 6.92 Å². The van der Waals surface area contributed by atoms with Gasteiger partial charge < -0.3 is 15.5 Å². The van der Waals surface area contributed by atoms with E-state index in [0.29, 0.717) is 5.69 Å². The summed E-state index contributed by atoms with van der Waals surface area (Å²) in [5, 5.41) is 21.4. The zero-order valence-corrected chi connectivity index (χ0v) is 10.6. The van der Waals surface area contributed by atoms with Gasteiger partial charge >= 0.3 is 0 Å². The van der Waals surface area contributed by atoms with Crippen molar-refractivity contribution in [3.8, 4) is 11.5 Å². The highest BCUT2D eigenvalue weighted by molar-refractivity contribution is 5.95.